The minimum absolute atomic E-state index is 0.113. The predicted molar refractivity (Wildman–Crippen MR) is 107 cm³/mol. The summed E-state index contributed by atoms with van der Waals surface area (Å²) < 4.78 is 14.0. The molecule has 4 nitrogen and oxygen atoms in total. The van der Waals surface area contributed by atoms with Gasteiger partial charge in [0.15, 0.2) is 5.78 Å². The summed E-state index contributed by atoms with van der Waals surface area (Å²) in [5.74, 6) is -1.08. The highest BCUT2D eigenvalue weighted by atomic mass is 19.1. The van der Waals surface area contributed by atoms with Crippen LogP contribution in [0.5, 0.6) is 0 Å². The molecule has 2 aromatic rings. The number of halogens is 1. The summed E-state index contributed by atoms with van der Waals surface area (Å²) in [6, 6.07) is 11.8. The van der Waals surface area contributed by atoms with Gasteiger partial charge in [-0.15, -0.1) is 0 Å². The van der Waals surface area contributed by atoms with E-state index < -0.39 is 5.41 Å². The molecule has 0 atom stereocenters. The number of carbonyl (C=O) groups is 2. The van der Waals surface area contributed by atoms with Crippen molar-refractivity contribution in [3.63, 3.8) is 0 Å². The van der Waals surface area contributed by atoms with Crippen LogP contribution in [0.1, 0.15) is 43.9 Å². The number of aliphatic hydroxyl groups is 1. The molecule has 0 saturated heterocycles. The molecule has 0 saturated carbocycles. The highest BCUT2D eigenvalue weighted by Gasteiger charge is 2.34. The number of carbonyl (C=O) groups excluding carboxylic acids is 2. The molecule has 0 aromatic heterocycles. The van der Waals surface area contributed by atoms with E-state index in [1.165, 1.54) is 11.0 Å². The molecule has 5 heteroatoms. The maximum atomic E-state index is 14.0. The number of hydrogen-bond acceptors (Lipinski definition) is 3. The van der Waals surface area contributed by atoms with E-state index in [2.05, 4.69) is 0 Å². The van der Waals surface area contributed by atoms with E-state index in [1.54, 1.807) is 64.1 Å². The van der Waals surface area contributed by atoms with E-state index in [9.17, 15) is 19.1 Å². The lowest BCUT2D eigenvalue weighted by Crippen LogP contribution is -2.32. The van der Waals surface area contributed by atoms with Crippen molar-refractivity contribution in [3.8, 4) is 0 Å². The van der Waals surface area contributed by atoms with Crippen molar-refractivity contribution in [3.05, 3.63) is 70.5 Å². The normalized spacial score (nSPS) is 14.8. The number of aryl methyl sites for hydroxylation is 1. The lowest BCUT2D eigenvalue weighted by atomic mass is 9.84. The van der Waals surface area contributed by atoms with Gasteiger partial charge in [0.25, 0.3) is 0 Å². The van der Waals surface area contributed by atoms with Gasteiger partial charge in [0.1, 0.15) is 11.6 Å². The Morgan fingerprint density at radius 3 is 2.50 bits per heavy atom. The fourth-order valence-electron chi connectivity index (χ4n) is 3.27. The number of ketones is 1. The van der Waals surface area contributed by atoms with Gasteiger partial charge in [0.2, 0.25) is 5.91 Å². The van der Waals surface area contributed by atoms with Crippen LogP contribution in [-0.2, 0) is 16.1 Å². The molecule has 1 aliphatic rings. The standard InChI is InChI=1S/C23H24FNO3/c1-14-9-10-15(11-18(14)24)13-25-19-8-6-5-7-16(19)21(27)17(12-20(25)26)22(28)23(2,3)4/h5-11,27H,12-13H2,1-4H3. The molecule has 1 aliphatic heterocycles. The van der Waals surface area contributed by atoms with Gasteiger partial charge in [-0.2, -0.15) is 0 Å². The van der Waals surface area contributed by atoms with Crippen molar-refractivity contribution in [2.75, 3.05) is 4.90 Å². The Morgan fingerprint density at radius 2 is 1.86 bits per heavy atom. The molecule has 0 fully saturated rings. The SMILES string of the molecule is Cc1ccc(CN2C(=O)CC(C(=O)C(C)(C)C)=C(O)c3ccccc32)cc1F. The summed E-state index contributed by atoms with van der Waals surface area (Å²) in [7, 11) is 0. The van der Waals surface area contributed by atoms with Gasteiger partial charge in [0, 0.05) is 16.6 Å². The Bertz CT molecular complexity index is 986. The lowest BCUT2D eigenvalue weighted by molar-refractivity contribution is -0.124. The number of Topliss-reactive ketones (excluding diaryl/α,β-unsaturated/α-hetero) is 1. The number of hydrogen-bond donors (Lipinski definition) is 1. The molecule has 0 spiro atoms. The van der Waals surface area contributed by atoms with Crippen LogP contribution in [0.2, 0.25) is 0 Å². The highest BCUT2D eigenvalue weighted by molar-refractivity contribution is 6.12. The van der Waals surface area contributed by atoms with Crippen molar-refractivity contribution in [1.82, 2.24) is 0 Å². The molecule has 1 amide bonds. The second-order valence-corrected chi connectivity index (χ2v) is 8.16. The minimum atomic E-state index is -0.728. The molecule has 28 heavy (non-hydrogen) atoms. The van der Waals surface area contributed by atoms with Gasteiger partial charge in [-0.1, -0.05) is 45.0 Å². The Kier molecular flexibility index (Phi) is 5.11. The third-order valence-electron chi connectivity index (χ3n) is 4.90. The van der Waals surface area contributed by atoms with Gasteiger partial charge in [-0.3, -0.25) is 9.59 Å². The first kappa shape index (κ1) is 19.8. The average molecular weight is 381 g/mol. The number of aliphatic hydroxyl groups excluding tert-OH is 1. The van der Waals surface area contributed by atoms with Crippen LogP contribution in [0.25, 0.3) is 5.76 Å². The molecular formula is C23H24FNO3. The second kappa shape index (κ2) is 7.23. The fourth-order valence-corrected chi connectivity index (χ4v) is 3.27. The van der Waals surface area contributed by atoms with Gasteiger partial charge >= 0.3 is 0 Å². The van der Waals surface area contributed by atoms with Crippen molar-refractivity contribution in [2.45, 2.75) is 40.7 Å². The first-order valence-electron chi connectivity index (χ1n) is 9.21. The molecule has 3 rings (SSSR count). The molecule has 146 valence electrons. The van der Waals surface area contributed by atoms with Crippen LogP contribution >= 0.6 is 0 Å². The number of fused-ring (bicyclic) bond motifs is 1. The number of nitrogens with zero attached hydrogens (tertiary/aromatic N) is 1. The predicted octanol–water partition coefficient (Wildman–Crippen LogP) is 4.96. The molecular weight excluding hydrogens is 357 g/mol. The molecule has 1 N–H and O–H groups in total. The van der Waals surface area contributed by atoms with Gasteiger partial charge in [-0.05, 0) is 36.2 Å². The monoisotopic (exact) mass is 381 g/mol. The maximum Gasteiger partial charge on any atom is 0.232 e. The number of amides is 1. The summed E-state index contributed by atoms with van der Waals surface area (Å²) in [4.78, 5) is 27.4. The zero-order chi connectivity index (χ0) is 20.6. The largest absolute Gasteiger partial charge is 0.507 e. The van der Waals surface area contributed by atoms with Crippen LogP contribution in [0, 0.1) is 18.2 Å². The van der Waals surface area contributed by atoms with Crippen molar-refractivity contribution >= 4 is 23.1 Å². The van der Waals surface area contributed by atoms with Crippen molar-refractivity contribution < 1.29 is 19.1 Å². The number of rotatable bonds is 3. The molecule has 0 radical (unpaired) electrons. The Labute approximate surface area is 164 Å². The van der Waals surface area contributed by atoms with Gasteiger partial charge < -0.3 is 10.0 Å². The Morgan fingerprint density at radius 1 is 1.18 bits per heavy atom. The fraction of sp³-hybridized carbons (Fsp3) is 0.304. The van der Waals surface area contributed by atoms with Gasteiger partial charge in [0.05, 0.1) is 18.7 Å². The zero-order valence-corrected chi connectivity index (χ0v) is 16.5. The van der Waals surface area contributed by atoms with Crippen LogP contribution in [0.4, 0.5) is 10.1 Å². The first-order valence-corrected chi connectivity index (χ1v) is 9.21. The van der Waals surface area contributed by atoms with E-state index in [0.717, 1.165) is 0 Å². The first-order chi connectivity index (χ1) is 13.1. The zero-order valence-electron chi connectivity index (χ0n) is 16.5. The third-order valence-corrected chi connectivity index (χ3v) is 4.90. The summed E-state index contributed by atoms with van der Waals surface area (Å²) in [6.07, 6.45) is -0.203. The maximum absolute atomic E-state index is 14.0. The summed E-state index contributed by atoms with van der Waals surface area (Å²) >= 11 is 0. The van der Waals surface area contributed by atoms with Gasteiger partial charge in [-0.25, -0.2) is 4.39 Å². The smallest absolute Gasteiger partial charge is 0.232 e. The quantitative estimate of drug-likeness (QED) is 0.818. The lowest BCUT2D eigenvalue weighted by Gasteiger charge is -2.23. The summed E-state index contributed by atoms with van der Waals surface area (Å²) in [5, 5.41) is 10.8. The van der Waals surface area contributed by atoms with E-state index in [0.29, 0.717) is 22.4 Å². The molecule has 0 aliphatic carbocycles. The van der Waals surface area contributed by atoms with Crippen LogP contribution in [0.3, 0.4) is 0 Å². The van der Waals surface area contributed by atoms with E-state index in [4.69, 9.17) is 0 Å². The number of para-hydroxylation sites is 1. The average Bonchev–Trinajstić information content (AvgIpc) is 2.74. The highest BCUT2D eigenvalue weighted by Crippen LogP contribution is 2.36. The molecule has 2 aromatic carbocycles. The minimum Gasteiger partial charge on any atom is -0.507 e. The Balaban J connectivity index is 2.07. The van der Waals surface area contributed by atoms with Crippen molar-refractivity contribution in [2.24, 2.45) is 5.41 Å². The van der Waals surface area contributed by atoms with Crippen LogP contribution < -0.4 is 4.90 Å². The van der Waals surface area contributed by atoms with E-state index in [-0.39, 0.29) is 41.8 Å². The van der Waals surface area contributed by atoms with E-state index >= 15 is 0 Å². The topological polar surface area (TPSA) is 57.6 Å². The van der Waals surface area contributed by atoms with Crippen LogP contribution in [-0.4, -0.2) is 16.8 Å². The molecule has 0 bridgehead atoms. The summed E-state index contributed by atoms with van der Waals surface area (Å²) in [5.41, 5.74) is 1.48. The molecule has 1 heterocycles. The van der Waals surface area contributed by atoms with Crippen molar-refractivity contribution in [1.29, 1.82) is 0 Å². The third kappa shape index (κ3) is 3.70. The number of anilines is 1. The Hall–Kier alpha value is -2.95. The molecule has 0 unspecified atom stereocenters. The second-order valence-electron chi connectivity index (χ2n) is 8.16. The summed E-state index contributed by atoms with van der Waals surface area (Å²) in [6.45, 7) is 7.09. The number of benzene rings is 2. The van der Waals surface area contributed by atoms with E-state index in [1.807, 2.05) is 0 Å². The van der Waals surface area contributed by atoms with Crippen LogP contribution in [0.15, 0.2) is 48.0 Å².